The third-order valence-electron chi connectivity index (χ3n) is 9.37. The zero-order chi connectivity index (χ0) is 30.2. The summed E-state index contributed by atoms with van der Waals surface area (Å²) in [6.45, 7) is 2.39. The number of allylic oxidation sites excluding steroid dienone is 1. The Labute approximate surface area is 264 Å². The van der Waals surface area contributed by atoms with E-state index in [1.807, 2.05) is 24.8 Å². The number of pyridine rings is 2. The highest BCUT2D eigenvalue weighted by atomic mass is 14.6. The van der Waals surface area contributed by atoms with Crippen LogP contribution in [0.5, 0.6) is 0 Å². The van der Waals surface area contributed by atoms with Gasteiger partial charge in [-0.15, -0.1) is 0 Å². The molecule has 45 heavy (non-hydrogen) atoms. The van der Waals surface area contributed by atoms with Crippen LogP contribution in [0.25, 0.3) is 68.3 Å². The molecule has 0 saturated heterocycles. The van der Waals surface area contributed by atoms with Gasteiger partial charge in [-0.25, -0.2) is 0 Å². The lowest BCUT2D eigenvalue weighted by molar-refractivity contribution is 0.738. The van der Waals surface area contributed by atoms with Crippen molar-refractivity contribution in [3.63, 3.8) is 0 Å². The molecule has 0 unspecified atom stereocenters. The summed E-state index contributed by atoms with van der Waals surface area (Å²) in [7, 11) is 0. The van der Waals surface area contributed by atoms with Crippen LogP contribution < -0.4 is 10.4 Å². The van der Waals surface area contributed by atoms with Crippen LogP contribution in [-0.4, -0.2) is 9.97 Å². The Balaban J connectivity index is 1.44. The van der Waals surface area contributed by atoms with Crippen molar-refractivity contribution in [2.24, 2.45) is 5.92 Å². The van der Waals surface area contributed by atoms with Crippen molar-refractivity contribution in [2.75, 3.05) is 0 Å². The summed E-state index contributed by atoms with van der Waals surface area (Å²) in [6.07, 6.45) is 18.1. The van der Waals surface area contributed by atoms with Gasteiger partial charge in [0.1, 0.15) is 0 Å². The lowest BCUT2D eigenvalue weighted by Crippen LogP contribution is -2.34. The SMILES string of the molecule is C[C@H]1Cc2c(c(-c3cccc(-c4ccncc4)c3)c3c(c2-c2cccc(-c4ccncc4)c2)=CCCC=3)C=C1c1ccccc1. The predicted molar refractivity (Wildman–Crippen MR) is 188 cm³/mol. The van der Waals surface area contributed by atoms with E-state index in [1.165, 1.54) is 77.2 Å². The van der Waals surface area contributed by atoms with Crippen LogP contribution in [0.3, 0.4) is 0 Å². The summed E-state index contributed by atoms with van der Waals surface area (Å²) < 4.78 is 0. The van der Waals surface area contributed by atoms with Crippen molar-refractivity contribution in [3.8, 4) is 44.5 Å². The van der Waals surface area contributed by atoms with Gasteiger partial charge in [0, 0.05) is 24.8 Å². The van der Waals surface area contributed by atoms with E-state index in [1.54, 1.807) is 0 Å². The number of hydrogen-bond acceptors (Lipinski definition) is 2. The minimum Gasteiger partial charge on any atom is -0.265 e. The van der Waals surface area contributed by atoms with Crippen molar-refractivity contribution in [1.29, 1.82) is 0 Å². The van der Waals surface area contributed by atoms with Crippen LogP contribution in [-0.2, 0) is 6.42 Å². The molecule has 2 aliphatic carbocycles. The molecule has 2 heterocycles. The number of hydrogen-bond donors (Lipinski definition) is 0. The van der Waals surface area contributed by atoms with Crippen molar-refractivity contribution < 1.29 is 0 Å². The highest BCUT2D eigenvalue weighted by Gasteiger charge is 2.27. The Bertz CT molecular complexity index is 2180. The molecule has 2 aliphatic rings. The summed E-state index contributed by atoms with van der Waals surface area (Å²) in [5, 5.41) is 2.73. The molecule has 0 N–H and O–H groups in total. The Kier molecular flexibility index (Phi) is 7.04. The number of nitrogens with zero attached hydrogens (tertiary/aromatic N) is 2. The van der Waals surface area contributed by atoms with Gasteiger partial charge in [-0.3, -0.25) is 9.97 Å². The van der Waals surface area contributed by atoms with Crippen molar-refractivity contribution in [1.82, 2.24) is 9.97 Å². The summed E-state index contributed by atoms with van der Waals surface area (Å²) >= 11 is 0. The summed E-state index contributed by atoms with van der Waals surface area (Å²) in [5.74, 6) is 0.392. The van der Waals surface area contributed by atoms with Crippen LogP contribution >= 0.6 is 0 Å². The molecule has 0 bridgehead atoms. The van der Waals surface area contributed by atoms with Gasteiger partial charge in [0.25, 0.3) is 0 Å². The lowest BCUT2D eigenvalue weighted by Gasteiger charge is -2.29. The largest absolute Gasteiger partial charge is 0.265 e. The van der Waals surface area contributed by atoms with Crippen LogP contribution in [0.1, 0.15) is 36.5 Å². The second-order valence-electron chi connectivity index (χ2n) is 12.2. The fraction of sp³-hybridized carbons (Fsp3) is 0.116. The fourth-order valence-corrected chi connectivity index (χ4v) is 7.26. The Morgan fingerprint density at radius 2 is 1.02 bits per heavy atom. The monoisotopic (exact) mass is 578 g/mol. The fourth-order valence-electron chi connectivity index (χ4n) is 7.26. The molecule has 0 aliphatic heterocycles. The molecule has 4 aromatic carbocycles. The van der Waals surface area contributed by atoms with E-state index in [2.05, 4.69) is 138 Å². The van der Waals surface area contributed by atoms with Gasteiger partial charge in [-0.1, -0.05) is 85.8 Å². The van der Waals surface area contributed by atoms with Gasteiger partial charge in [-0.05, 0) is 145 Å². The van der Waals surface area contributed by atoms with Gasteiger partial charge >= 0.3 is 0 Å². The van der Waals surface area contributed by atoms with Gasteiger partial charge in [0.2, 0.25) is 0 Å². The van der Waals surface area contributed by atoms with E-state index < -0.39 is 0 Å². The van der Waals surface area contributed by atoms with Gasteiger partial charge in [-0.2, -0.15) is 0 Å². The molecular weight excluding hydrogens is 544 g/mol. The van der Waals surface area contributed by atoms with Gasteiger partial charge in [0.05, 0.1) is 0 Å². The molecule has 2 nitrogen and oxygen atoms in total. The number of aromatic nitrogens is 2. The Morgan fingerprint density at radius 3 is 1.62 bits per heavy atom. The van der Waals surface area contributed by atoms with Crippen molar-refractivity contribution >= 4 is 23.8 Å². The molecule has 2 aromatic heterocycles. The quantitative estimate of drug-likeness (QED) is 0.204. The molecule has 6 aromatic rings. The average molecular weight is 579 g/mol. The van der Waals surface area contributed by atoms with E-state index >= 15 is 0 Å². The molecule has 0 spiro atoms. The molecule has 2 heteroatoms. The predicted octanol–water partition coefficient (Wildman–Crippen LogP) is 9.23. The molecular formula is C43H34N2. The number of rotatable bonds is 5. The standard InChI is InChI=1S/C43H34N2/c1-29-25-40-41(28-39(29)32-9-3-2-4-10-32)43(36-14-8-12-34(27-36)31-19-23-45-24-20-31)38-16-6-5-15-37(38)42(40)35-13-7-11-33(26-35)30-17-21-44-22-18-30/h2-4,7-24,26-29H,5-6,25H2,1H3/t29-/m0/s1. The summed E-state index contributed by atoms with van der Waals surface area (Å²) in [5.41, 5.74) is 15.6. The first-order chi connectivity index (χ1) is 22.2. The van der Waals surface area contributed by atoms with E-state index in [-0.39, 0.29) is 0 Å². The molecule has 216 valence electrons. The first-order valence-corrected chi connectivity index (χ1v) is 15.9. The van der Waals surface area contributed by atoms with E-state index in [9.17, 15) is 0 Å². The molecule has 0 amide bonds. The highest BCUT2D eigenvalue weighted by molar-refractivity contribution is 5.95. The maximum Gasteiger partial charge on any atom is 0.0273 e. The zero-order valence-corrected chi connectivity index (χ0v) is 25.4. The first-order valence-electron chi connectivity index (χ1n) is 15.9. The van der Waals surface area contributed by atoms with Crippen LogP contribution in [0.4, 0.5) is 0 Å². The Morgan fingerprint density at radius 1 is 0.511 bits per heavy atom. The molecule has 0 saturated carbocycles. The normalized spacial score (nSPS) is 15.2. The van der Waals surface area contributed by atoms with Crippen molar-refractivity contribution in [2.45, 2.75) is 26.2 Å². The lowest BCUT2D eigenvalue weighted by atomic mass is 9.74. The zero-order valence-electron chi connectivity index (χ0n) is 25.4. The van der Waals surface area contributed by atoms with E-state index in [4.69, 9.17) is 0 Å². The van der Waals surface area contributed by atoms with Gasteiger partial charge < -0.3 is 0 Å². The molecule has 0 fully saturated rings. The Hall–Kier alpha value is -5.34. The number of benzene rings is 4. The molecule has 8 rings (SSSR count). The summed E-state index contributed by atoms with van der Waals surface area (Å²) in [4.78, 5) is 8.51. The highest BCUT2D eigenvalue weighted by Crippen LogP contribution is 2.42. The minimum atomic E-state index is 0.392. The summed E-state index contributed by atoms with van der Waals surface area (Å²) in [6, 6.07) is 37.5. The van der Waals surface area contributed by atoms with Crippen molar-refractivity contribution in [3.05, 3.63) is 155 Å². The molecule has 1 atom stereocenters. The van der Waals surface area contributed by atoms with E-state index in [0.29, 0.717) is 5.92 Å². The minimum absolute atomic E-state index is 0.392. The van der Waals surface area contributed by atoms with Gasteiger partial charge in [0.15, 0.2) is 0 Å². The molecule has 0 radical (unpaired) electrons. The number of fused-ring (bicyclic) bond motifs is 2. The second-order valence-corrected chi connectivity index (χ2v) is 12.2. The smallest absolute Gasteiger partial charge is 0.0273 e. The second kappa shape index (κ2) is 11.6. The third kappa shape index (κ3) is 5.03. The van der Waals surface area contributed by atoms with Crippen LogP contribution in [0, 0.1) is 5.92 Å². The van der Waals surface area contributed by atoms with E-state index in [0.717, 1.165) is 19.3 Å². The maximum absolute atomic E-state index is 4.25. The average Bonchev–Trinajstić information content (AvgIpc) is 3.11. The topological polar surface area (TPSA) is 25.8 Å². The van der Waals surface area contributed by atoms with Crippen LogP contribution in [0.2, 0.25) is 0 Å². The van der Waals surface area contributed by atoms with Crippen LogP contribution in [0.15, 0.2) is 128 Å². The first kappa shape index (κ1) is 27.2. The third-order valence-corrected chi connectivity index (χ3v) is 9.37. The maximum atomic E-state index is 4.25.